The quantitative estimate of drug-likeness (QED) is 0.389. The maximum absolute atomic E-state index is 13.4. The lowest BCUT2D eigenvalue weighted by Crippen LogP contribution is -2.38. The minimum Gasteiger partial charge on any atom is -0.444 e. The van der Waals surface area contributed by atoms with Crippen LogP contribution in [0, 0.1) is 5.92 Å². The molecule has 1 fully saturated rings. The van der Waals surface area contributed by atoms with Gasteiger partial charge in [0.15, 0.2) is 5.60 Å². The van der Waals surface area contributed by atoms with Crippen LogP contribution in [0.5, 0.6) is 0 Å². The topological polar surface area (TPSA) is 26.3 Å². The zero-order chi connectivity index (χ0) is 20.5. The minimum absolute atomic E-state index is 0.0360. The van der Waals surface area contributed by atoms with Crippen LogP contribution in [0.4, 0.5) is 0 Å². The van der Waals surface area contributed by atoms with E-state index in [0.29, 0.717) is 0 Å². The smallest absolute Gasteiger partial charge is 0.310 e. The summed E-state index contributed by atoms with van der Waals surface area (Å²) in [5.41, 5.74) is 1.73. The molecule has 0 aromatic heterocycles. The highest BCUT2D eigenvalue weighted by Gasteiger charge is 2.42. The van der Waals surface area contributed by atoms with Crippen molar-refractivity contribution in [3.05, 3.63) is 108 Å². The summed E-state index contributed by atoms with van der Waals surface area (Å²) < 4.78 is 6.51. The molecule has 0 bridgehead atoms. The van der Waals surface area contributed by atoms with Crippen molar-refractivity contribution in [2.45, 2.75) is 44.6 Å². The van der Waals surface area contributed by atoms with Crippen LogP contribution >= 0.6 is 0 Å². The van der Waals surface area contributed by atoms with Gasteiger partial charge in [0.2, 0.25) is 0 Å². The fourth-order valence-corrected chi connectivity index (χ4v) is 4.19. The first kappa shape index (κ1) is 20.9. The van der Waals surface area contributed by atoms with Crippen molar-refractivity contribution in [3.63, 3.8) is 0 Å². The molecule has 0 saturated heterocycles. The van der Waals surface area contributed by atoms with Crippen LogP contribution in [0.1, 0.15) is 50.2 Å². The van der Waals surface area contributed by atoms with Crippen molar-refractivity contribution in [3.8, 4) is 0 Å². The van der Waals surface area contributed by atoms with Gasteiger partial charge in [0, 0.05) is 16.7 Å². The van der Waals surface area contributed by atoms with Gasteiger partial charge in [0.05, 0.1) is 5.92 Å². The molecule has 1 saturated carbocycles. The van der Waals surface area contributed by atoms with Crippen LogP contribution in [0.3, 0.4) is 0 Å². The Morgan fingerprint density at radius 3 is 2.00 bits per heavy atom. The molecule has 2 nitrogen and oxygen atoms in total. The largest absolute Gasteiger partial charge is 0.444 e. The molecule has 0 N–H and O–H groups in total. The van der Waals surface area contributed by atoms with E-state index >= 15 is 0 Å². The summed E-state index contributed by atoms with van der Waals surface area (Å²) in [6.45, 7) is 5.87. The third-order valence-electron chi connectivity index (χ3n) is 5.60. The van der Waals surface area contributed by atoms with Gasteiger partial charge in [-0.15, -0.1) is 0 Å². The van der Waals surface area contributed by atoms with E-state index < -0.39 is 5.60 Å². The highest BCUT2D eigenvalue weighted by atomic mass is 16.6. The number of hydrogen-bond donors (Lipinski definition) is 0. The first-order valence-electron chi connectivity index (χ1n) is 10.5. The lowest BCUT2D eigenvalue weighted by Gasteiger charge is -2.37. The molecule has 29 heavy (non-hydrogen) atoms. The molecule has 0 amide bonds. The molecule has 2 heteroatoms. The number of hydrogen-bond acceptors (Lipinski definition) is 2. The molecule has 0 aliphatic heterocycles. The van der Waals surface area contributed by atoms with Crippen LogP contribution in [-0.2, 0) is 15.1 Å². The van der Waals surface area contributed by atoms with E-state index in [1.165, 1.54) is 6.42 Å². The highest BCUT2D eigenvalue weighted by molar-refractivity contribution is 5.75. The maximum atomic E-state index is 13.4. The van der Waals surface area contributed by atoms with Gasteiger partial charge in [-0.2, -0.15) is 0 Å². The zero-order valence-corrected chi connectivity index (χ0v) is 17.2. The second-order valence-corrected chi connectivity index (χ2v) is 7.53. The summed E-state index contributed by atoms with van der Waals surface area (Å²) in [6.07, 6.45) is 12.9. The summed E-state index contributed by atoms with van der Waals surface area (Å²) in [6, 6.07) is 20.0. The van der Waals surface area contributed by atoms with Gasteiger partial charge >= 0.3 is 5.97 Å². The third-order valence-corrected chi connectivity index (χ3v) is 5.60. The normalized spacial score (nSPS) is 16.0. The standard InChI is InChI=1S/C27H30O2/c1-3-14-23(15-4-2)27(24-18-10-6-11-19-24,25-20-12-7-13-21-25)29-26(28)22-16-8-5-9-17-22/h3-4,6-7,10-15,18-22H,1,5,8-9,16-17H2,2H3/b15-4-,23-14+. The fourth-order valence-electron chi connectivity index (χ4n) is 4.19. The Morgan fingerprint density at radius 1 is 0.966 bits per heavy atom. The molecule has 0 atom stereocenters. The Balaban J connectivity index is 2.20. The van der Waals surface area contributed by atoms with Crippen molar-refractivity contribution in [2.75, 3.05) is 0 Å². The zero-order valence-electron chi connectivity index (χ0n) is 17.2. The van der Waals surface area contributed by atoms with Crippen LogP contribution in [0.2, 0.25) is 0 Å². The second kappa shape index (κ2) is 10.1. The lowest BCUT2D eigenvalue weighted by atomic mass is 9.78. The number of allylic oxidation sites excluding steroid dienone is 3. The summed E-state index contributed by atoms with van der Waals surface area (Å²) in [5, 5.41) is 0. The highest BCUT2D eigenvalue weighted by Crippen LogP contribution is 2.43. The second-order valence-electron chi connectivity index (χ2n) is 7.53. The third kappa shape index (κ3) is 4.59. The summed E-state index contributed by atoms with van der Waals surface area (Å²) in [5.74, 6) is -0.150. The van der Waals surface area contributed by atoms with E-state index in [4.69, 9.17) is 4.74 Å². The van der Waals surface area contributed by atoms with E-state index in [1.807, 2.05) is 85.8 Å². The number of rotatable bonds is 7. The Labute approximate surface area is 174 Å². The van der Waals surface area contributed by atoms with Gasteiger partial charge in [0.1, 0.15) is 0 Å². The van der Waals surface area contributed by atoms with Gasteiger partial charge in [-0.05, 0) is 19.8 Å². The molecule has 1 aliphatic carbocycles. The number of carbonyl (C=O) groups is 1. The van der Waals surface area contributed by atoms with Gasteiger partial charge in [-0.1, -0.05) is 111 Å². The minimum atomic E-state index is -1.02. The Hall–Kier alpha value is -2.87. The molecule has 2 aromatic carbocycles. The van der Waals surface area contributed by atoms with Crippen molar-refractivity contribution >= 4 is 5.97 Å². The Kier molecular flexibility index (Phi) is 7.24. The summed E-state index contributed by atoms with van der Waals surface area (Å²) in [4.78, 5) is 13.4. The Bertz CT molecular complexity index is 816. The number of esters is 1. The maximum Gasteiger partial charge on any atom is 0.310 e. The first-order valence-corrected chi connectivity index (χ1v) is 10.5. The molecule has 0 heterocycles. The van der Waals surface area contributed by atoms with Crippen LogP contribution < -0.4 is 0 Å². The van der Waals surface area contributed by atoms with Crippen LogP contribution in [0.15, 0.2) is 97.1 Å². The Morgan fingerprint density at radius 2 is 1.52 bits per heavy atom. The van der Waals surface area contributed by atoms with Crippen LogP contribution in [0.25, 0.3) is 0 Å². The summed E-state index contributed by atoms with van der Waals surface area (Å²) >= 11 is 0. The molecule has 150 valence electrons. The van der Waals surface area contributed by atoms with E-state index in [0.717, 1.165) is 42.4 Å². The SMILES string of the molecule is C=C/C=C(\C=C/C)C(OC(=O)C1CCCCC1)(c1ccccc1)c1ccccc1. The monoisotopic (exact) mass is 386 g/mol. The van der Waals surface area contributed by atoms with Gasteiger partial charge in [-0.3, -0.25) is 4.79 Å². The number of ether oxygens (including phenoxy) is 1. The molecule has 0 radical (unpaired) electrons. The number of benzene rings is 2. The number of carbonyl (C=O) groups excluding carboxylic acids is 1. The van der Waals surface area contributed by atoms with E-state index in [9.17, 15) is 4.79 Å². The van der Waals surface area contributed by atoms with Crippen molar-refractivity contribution in [2.24, 2.45) is 5.92 Å². The molecule has 3 rings (SSSR count). The molecular weight excluding hydrogens is 356 g/mol. The summed E-state index contributed by atoms with van der Waals surface area (Å²) in [7, 11) is 0. The van der Waals surface area contributed by atoms with E-state index in [1.54, 1.807) is 6.08 Å². The molecule has 2 aromatic rings. The van der Waals surface area contributed by atoms with E-state index in [-0.39, 0.29) is 11.9 Å². The predicted octanol–water partition coefficient (Wildman–Crippen LogP) is 6.74. The average Bonchev–Trinajstić information content (AvgIpc) is 2.79. The van der Waals surface area contributed by atoms with Crippen LogP contribution in [-0.4, -0.2) is 5.97 Å². The molecular formula is C27H30O2. The first-order chi connectivity index (χ1) is 14.2. The predicted molar refractivity (Wildman–Crippen MR) is 119 cm³/mol. The molecule has 0 spiro atoms. The fraction of sp³-hybridized carbons (Fsp3) is 0.296. The van der Waals surface area contributed by atoms with Gasteiger partial charge in [-0.25, -0.2) is 0 Å². The lowest BCUT2D eigenvalue weighted by molar-refractivity contribution is -0.159. The van der Waals surface area contributed by atoms with Gasteiger partial charge in [0.25, 0.3) is 0 Å². The van der Waals surface area contributed by atoms with Crippen molar-refractivity contribution in [1.82, 2.24) is 0 Å². The van der Waals surface area contributed by atoms with Crippen molar-refractivity contribution < 1.29 is 9.53 Å². The molecule has 0 unspecified atom stereocenters. The van der Waals surface area contributed by atoms with Crippen molar-refractivity contribution in [1.29, 1.82) is 0 Å². The molecule has 1 aliphatic rings. The van der Waals surface area contributed by atoms with Gasteiger partial charge < -0.3 is 4.74 Å². The average molecular weight is 387 g/mol. The van der Waals surface area contributed by atoms with E-state index in [2.05, 4.69) is 6.58 Å².